The monoisotopic (exact) mass is 494 g/mol. The topological polar surface area (TPSA) is 156 Å². The van der Waals surface area contributed by atoms with Gasteiger partial charge in [0, 0.05) is 11.6 Å². The highest BCUT2D eigenvalue weighted by Gasteiger charge is 2.08. The minimum Gasteiger partial charge on any atom is -0.490 e. The molecule has 0 saturated carbocycles. The molecule has 0 radical (unpaired) electrons. The van der Waals surface area contributed by atoms with Crippen molar-refractivity contribution >= 4 is 44.8 Å². The number of hydrogen-bond donors (Lipinski definition) is 3. The number of fused-ring (bicyclic) bond motifs is 1. The van der Waals surface area contributed by atoms with Crippen molar-refractivity contribution in [1.82, 2.24) is 19.5 Å². The average Bonchev–Trinajstić information content (AvgIpc) is 3.15. The Kier molecular flexibility index (Phi) is 9.07. The number of halogens is 2. The van der Waals surface area contributed by atoms with E-state index in [1.807, 2.05) is 6.92 Å². The van der Waals surface area contributed by atoms with Crippen molar-refractivity contribution in [3.8, 4) is 5.75 Å². The quantitative estimate of drug-likeness (QED) is 0.318. The van der Waals surface area contributed by atoms with Crippen molar-refractivity contribution in [3.05, 3.63) is 55.4 Å². The first-order chi connectivity index (χ1) is 14.6. The number of nitrogens with zero attached hydrogens (tertiary/aromatic N) is 2. The van der Waals surface area contributed by atoms with Crippen LogP contribution in [0.1, 0.15) is 19.8 Å². The van der Waals surface area contributed by atoms with Crippen LogP contribution in [-0.2, 0) is 21.1 Å². The van der Waals surface area contributed by atoms with Crippen molar-refractivity contribution in [2.45, 2.75) is 26.3 Å². The highest BCUT2D eigenvalue weighted by atomic mass is 35.5. The number of H-pyrrole nitrogens is 2. The maximum atomic E-state index is 11.8. The lowest BCUT2D eigenvalue weighted by Gasteiger charge is -2.07. The summed E-state index contributed by atoms with van der Waals surface area (Å²) in [4.78, 5) is 32.4. The number of rotatable bonds is 8. The van der Waals surface area contributed by atoms with Gasteiger partial charge >= 0.3 is 16.1 Å². The second-order valence-corrected chi connectivity index (χ2v) is 7.97. The summed E-state index contributed by atoms with van der Waals surface area (Å²) in [5.74, 6) is 0.352. The van der Waals surface area contributed by atoms with Gasteiger partial charge in [-0.1, -0.05) is 36.5 Å². The molecule has 0 saturated heterocycles. The van der Waals surface area contributed by atoms with E-state index in [0.717, 1.165) is 12.8 Å². The lowest BCUT2D eigenvalue weighted by molar-refractivity contribution is 0.202. The first kappa shape index (κ1) is 24.9. The van der Waals surface area contributed by atoms with E-state index in [1.54, 1.807) is 6.07 Å². The summed E-state index contributed by atoms with van der Waals surface area (Å²) in [6.07, 6.45) is 3.14. The molecule has 0 aliphatic heterocycles. The molecule has 14 heteroatoms. The Bertz CT molecular complexity index is 1240. The number of aromatic amines is 2. The van der Waals surface area contributed by atoms with E-state index in [4.69, 9.17) is 32.5 Å². The van der Waals surface area contributed by atoms with Crippen LogP contribution in [0.3, 0.4) is 0 Å². The van der Waals surface area contributed by atoms with Crippen LogP contribution in [0.5, 0.6) is 5.75 Å². The van der Waals surface area contributed by atoms with Gasteiger partial charge in [-0.3, -0.25) is 18.9 Å². The first-order valence-electron chi connectivity index (χ1n) is 8.98. The van der Waals surface area contributed by atoms with Crippen LogP contribution in [0, 0.1) is 0 Å². The largest absolute Gasteiger partial charge is 0.490 e. The Morgan fingerprint density at radius 2 is 1.97 bits per heavy atom. The summed E-state index contributed by atoms with van der Waals surface area (Å²) < 4.78 is 39.0. The highest BCUT2D eigenvalue weighted by Crippen LogP contribution is 2.27. The minimum absolute atomic E-state index is 0.0683. The summed E-state index contributed by atoms with van der Waals surface area (Å²) in [6.45, 7) is 2.08. The Hall–Kier alpha value is -2.38. The van der Waals surface area contributed by atoms with Crippen molar-refractivity contribution in [3.63, 3.8) is 0 Å². The molecule has 170 valence electrons. The van der Waals surface area contributed by atoms with Gasteiger partial charge in [0.05, 0.1) is 11.3 Å². The third-order valence-electron chi connectivity index (χ3n) is 3.77. The number of hydrogen-bond acceptors (Lipinski definition) is 7. The van der Waals surface area contributed by atoms with Gasteiger partial charge in [-0.15, -0.1) is 0 Å². The van der Waals surface area contributed by atoms with Crippen LogP contribution >= 0.6 is 23.2 Å². The number of nitrogens with one attached hydrogen (secondary N) is 2. The number of aromatic nitrogens is 4. The maximum absolute atomic E-state index is 11.8. The van der Waals surface area contributed by atoms with Crippen molar-refractivity contribution < 1.29 is 21.9 Å². The van der Waals surface area contributed by atoms with Crippen LogP contribution in [0.25, 0.3) is 11.2 Å². The van der Waals surface area contributed by atoms with E-state index in [2.05, 4.69) is 19.1 Å². The van der Waals surface area contributed by atoms with Crippen LogP contribution in [0.15, 0.2) is 34.1 Å². The van der Waals surface area contributed by atoms with Gasteiger partial charge in [0.15, 0.2) is 5.65 Å². The molecule has 0 spiro atoms. The van der Waals surface area contributed by atoms with Gasteiger partial charge < -0.3 is 9.72 Å². The van der Waals surface area contributed by atoms with Gasteiger partial charge in [0.2, 0.25) is 0 Å². The predicted octanol–water partition coefficient (Wildman–Crippen LogP) is 2.40. The first-order valence-corrected chi connectivity index (χ1v) is 11.1. The van der Waals surface area contributed by atoms with Crippen LogP contribution in [0.4, 0.5) is 0 Å². The van der Waals surface area contributed by atoms with Crippen LogP contribution in [0.2, 0.25) is 10.0 Å². The van der Waals surface area contributed by atoms with Gasteiger partial charge in [0.25, 0.3) is 5.56 Å². The highest BCUT2D eigenvalue weighted by molar-refractivity contribution is 7.80. The average molecular weight is 495 g/mol. The Balaban J connectivity index is 0.000000220. The molecule has 0 amide bonds. The molecule has 3 aromatic rings. The fourth-order valence-corrected chi connectivity index (χ4v) is 3.09. The fraction of sp³-hybridized carbons (Fsp3) is 0.353. The van der Waals surface area contributed by atoms with E-state index in [9.17, 15) is 18.0 Å². The standard InChI is InChI=1S/C9H12N4O2.C8H8Cl2O5S/c1-2-3-4-13-8(14)6-7(11-5-10-6)12-9(13)15;9-6-1-2-8(7(10)5-6)14-3-4-15-16(11,12)13/h5H,2-4H2,1H3,(H,10,11)(H,12,15);1-2,5H,3-4H2,(H,11,12,13). The minimum atomic E-state index is -4.43. The Morgan fingerprint density at radius 3 is 2.61 bits per heavy atom. The summed E-state index contributed by atoms with van der Waals surface area (Å²) >= 11 is 11.4. The number of unbranched alkanes of at least 4 members (excludes halogenated alkanes) is 1. The predicted molar refractivity (Wildman–Crippen MR) is 115 cm³/mol. The lowest BCUT2D eigenvalue weighted by atomic mass is 10.3. The summed E-state index contributed by atoms with van der Waals surface area (Å²) in [5.41, 5.74) is -0.0313. The zero-order valence-corrected chi connectivity index (χ0v) is 18.6. The van der Waals surface area contributed by atoms with E-state index >= 15 is 0 Å². The van der Waals surface area contributed by atoms with Crippen LogP contribution < -0.4 is 16.0 Å². The zero-order chi connectivity index (χ0) is 23.0. The molecule has 1 aromatic carbocycles. The van der Waals surface area contributed by atoms with E-state index in [-0.39, 0.29) is 18.8 Å². The SMILES string of the molecule is CCCCn1c(=O)[nH]c2nc[nH]c2c1=O.O=S(=O)(O)OCCOc1ccc(Cl)cc1Cl. The maximum Gasteiger partial charge on any atom is 0.397 e. The lowest BCUT2D eigenvalue weighted by Crippen LogP contribution is -2.35. The van der Waals surface area contributed by atoms with Gasteiger partial charge in [-0.25, -0.2) is 14.0 Å². The number of imidazole rings is 1. The number of benzene rings is 1. The molecular formula is C17H20Cl2N4O7S. The molecule has 0 aliphatic rings. The van der Waals surface area contributed by atoms with Crippen molar-refractivity contribution in [1.29, 1.82) is 0 Å². The molecule has 11 nitrogen and oxygen atoms in total. The van der Waals surface area contributed by atoms with Gasteiger partial charge in [0.1, 0.15) is 24.5 Å². The smallest absolute Gasteiger partial charge is 0.397 e. The molecule has 2 aromatic heterocycles. The molecular weight excluding hydrogens is 475 g/mol. The summed E-state index contributed by atoms with van der Waals surface area (Å²) in [7, 11) is -4.43. The van der Waals surface area contributed by atoms with E-state index in [0.29, 0.717) is 33.5 Å². The molecule has 0 bridgehead atoms. The molecule has 0 atom stereocenters. The fourth-order valence-electron chi connectivity index (χ4n) is 2.35. The Labute approximate surface area is 186 Å². The molecule has 0 fully saturated rings. The van der Waals surface area contributed by atoms with E-state index in [1.165, 1.54) is 23.0 Å². The second kappa shape index (κ2) is 11.3. The van der Waals surface area contributed by atoms with Crippen molar-refractivity contribution in [2.75, 3.05) is 13.2 Å². The molecule has 0 unspecified atom stereocenters. The third kappa shape index (κ3) is 7.67. The molecule has 0 aliphatic carbocycles. The summed E-state index contributed by atoms with van der Waals surface area (Å²) in [6, 6.07) is 4.60. The molecule has 2 heterocycles. The molecule has 31 heavy (non-hydrogen) atoms. The molecule has 3 N–H and O–H groups in total. The van der Waals surface area contributed by atoms with Gasteiger partial charge in [-0.2, -0.15) is 8.42 Å². The van der Waals surface area contributed by atoms with Crippen molar-refractivity contribution in [2.24, 2.45) is 0 Å². The molecule has 3 rings (SSSR count). The zero-order valence-electron chi connectivity index (χ0n) is 16.3. The third-order valence-corrected chi connectivity index (χ3v) is 4.77. The van der Waals surface area contributed by atoms with E-state index < -0.39 is 16.1 Å². The normalized spacial score (nSPS) is 11.2. The summed E-state index contributed by atoms with van der Waals surface area (Å²) in [5, 5.41) is 0.769. The number of ether oxygens (including phenoxy) is 1. The van der Waals surface area contributed by atoms with Gasteiger partial charge in [-0.05, 0) is 24.6 Å². The van der Waals surface area contributed by atoms with Crippen LogP contribution in [-0.4, -0.2) is 45.7 Å². The second-order valence-electron chi connectivity index (χ2n) is 6.04. The Morgan fingerprint density at radius 1 is 1.23 bits per heavy atom.